The van der Waals surface area contributed by atoms with Gasteiger partial charge in [-0.15, -0.1) is 0 Å². The van der Waals surface area contributed by atoms with Crippen molar-refractivity contribution in [3.8, 4) is 22.6 Å². The summed E-state index contributed by atoms with van der Waals surface area (Å²) in [6.07, 6.45) is -0.941. The summed E-state index contributed by atoms with van der Waals surface area (Å²) < 4.78 is 44.7. The van der Waals surface area contributed by atoms with Gasteiger partial charge in [0, 0.05) is 35.8 Å². The number of phenolic OH excluding ortho intramolecular Hbond substituents is 1. The smallest absolute Gasteiger partial charge is 0.416 e. The minimum absolute atomic E-state index is 0.105. The molecule has 0 radical (unpaired) electrons. The zero-order chi connectivity index (χ0) is 22.0. The molecule has 0 aliphatic carbocycles. The summed E-state index contributed by atoms with van der Waals surface area (Å²) in [6, 6.07) is 10.5. The van der Waals surface area contributed by atoms with Crippen LogP contribution >= 0.6 is 0 Å². The van der Waals surface area contributed by atoms with Crippen molar-refractivity contribution in [1.29, 1.82) is 0 Å². The number of piperidine rings is 1. The van der Waals surface area contributed by atoms with Crippen LogP contribution in [0.4, 0.5) is 13.2 Å². The van der Waals surface area contributed by atoms with Crippen LogP contribution in [0.3, 0.4) is 0 Å². The number of methoxy groups -OCH3 is 1. The summed E-state index contributed by atoms with van der Waals surface area (Å²) in [5, 5.41) is 17.4. The minimum atomic E-state index is -4.39. The van der Waals surface area contributed by atoms with Gasteiger partial charge in [-0.25, -0.2) is 0 Å². The monoisotopic (exact) mass is 431 g/mol. The van der Waals surface area contributed by atoms with Crippen molar-refractivity contribution in [1.82, 2.24) is 15.1 Å². The highest BCUT2D eigenvalue weighted by Gasteiger charge is 2.31. The first kappa shape index (κ1) is 21.2. The van der Waals surface area contributed by atoms with Crippen molar-refractivity contribution in [2.24, 2.45) is 0 Å². The van der Waals surface area contributed by atoms with Gasteiger partial charge in [-0.2, -0.15) is 18.3 Å². The number of rotatable bonds is 5. The summed E-state index contributed by atoms with van der Waals surface area (Å²) >= 11 is 0. The highest BCUT2D eigenvalue weighted by Crippen LogP contribution is 2.37. The molecule has 1 fully saturated rings. The second kappa shape index (κ2) is 8.63. The van der Waals surface area contributed by atoms with E-state index in [9.17, 15) is 18.3 Å². The number of aromatic hydroxyl groups is 1. The number of phenols is 1. The Morgan fingerprint density at radius 3 is 2.84 bits per heavy atom. The van der Waals surface area contributed by atoms with Crippen LogP contribution in [0.1, 0.15) is 35.6 Å². The lowest BCUT2D eigenvalue weighted by Gasteiger charge is -2.33. The topological polar surface area (TPSA) is 61.4 Å². The largest absolute Gasteiger partial charge is 0.508 e. The molecule has 1 aliphatic rings. The lowest BCUT2D eigenvalue weighted by molar-refractivity contribution is -0.137. The van der Waals surface area contributed by atoms with Gasteiger partial charge < -0.3 is 9.84 Å². The average Bonchev–Trinajstić information content (AvgIpc) is 3.25. The molecule has 1 aromatic heterocycles. The summed E-state index contributed by atoms with van der Waals surface area (Å²) in [4.78, 5) is 2.24. The van der Waals surface area contributed by atoms with E-state index in [1.807, 2.05) is 6.07 Å². The number of nitrogens with one attached hydrogen (secondary N) is 1. The Bertz CT molecular complexity index is 1050. The molecule has 0 saturated carbocycles. The number of alkyl halides is 3. The first-order valence-electron chi connectivity index (χ1n) is 10.1. The maximum Gasteiger partial charge on any atom is 0.416 e. The summed E-state index contributed by atoms with van der Waals surface area (Å²) in [5.74, 6) is 1.00. The molecule has 5 nitrogen and oxygen atoms in total. The molecule has 2 aromatic carbocycles. The summed E-state index contributed by atoms with van der Waals surface area (Å²) in [5.41, 5.74) is 2.15. The molecule has 1 unspecified atom stereocenters. The van der Waals surface area contributed by atoms with Crippen LogP contribution in [0.5, 0.6) is 11.5 Å². The van der Waals surface area contributed by atoms with E-state index >= 15 is 0 Å². The van der Waals surface area contributed by atoms with Crippen molar-refractivity contribution in [2.45, 2.75) is 31.5 Å². The Hall–Kier alpha value is -3.00. The predicted octanol–water partition coefficient (Wildman–Crippen LogP) is 5.19. The van der Waals surface area contributed by atoms with Gasteiger partial charge >= 0.3 is 6.18 Å². The van der Waals surface area contributed by atoms with Gasteiger partial charge in [0.15, 0.2) is 0 Å². The number of nitrogens with zero attached hydrogens (tertiary/aromatic N) is 2. The van der Waals surface area contributed by atoms with Crippen LogP contribution in [0.25, 0.3) is 11.1 Å². The highest BCUT2D eigenvalue weighted by molar-refractivity contribution is 5.66. The van der Waals surface area contributed by atoms with Gasteiger partial charge in [0.2, 0.25) is 0 Å². The lowest BCUT2D eigenvalue weighted by Crippen LogP contribution is -2.34. The van der Waals surface area contributed by atoms with Crippen molar-refractivity contribution in [3.63, 3.8) is 0 Å². The van der Waals surface area contributed by atoms with Crippen LogP contribution in [0, 0.1) is 0 Å². The molecule has 0 bridgehead atoms. The van der Waals surface area contributed by atoms with Crippen LogP contribution in [-0.2, 0) is 12.7 Å². The number of ether oxygens (including phenoxy) is 1. The maximum atomic E-state index is 13.2. The molecule has 2 heterocycles. The van der Waals surface area contributed by atoms with Gasteiger partial charge in [-0.1, -0.05) is 12.1 Å². The second-order valence-electron chi connectivity index (χ2n) is 7.84. The molecular weight excluding hydrogens is 407 g/mol. The van der Waals surface area contributed by atoms with Crippen LogP contribution in [0.15, 0.2) is 48.7 Å². The standard InChI is InChI=1S/C23H24F3N3O2/c1-31-19-7-8-21(30)17(11-19)14-29-9-3-5-16(13-29)22-20(12-27-28-22)15-4-2-6-18(10-15)23(24,25)26/h2,4,6-8,10-12,16,30H,3,5,9,13-14H2,1H3,(H,27,28). The molecule has 0 spiro atoms. The normalized spacial score (nSPS) is 17.6. The molecule has 164 valence electrons. The van der Waals surface area contributed by atoms with E-state index in [0.717, 1.165) is 36.7 Å². The molecule has 3 aromatic rings. The van der Waals surface area contributed by atoms with Crippen LogP contribution in [0.2, 0.25) is 0 Å². The molecule has 31 heavy (non-hydrogen) atoms. The Kier molecular flexibility index (Phi) is 5.91. The van der Waals surface area contributed by atoms with Crippen LogP contribution in [-0.4, -0.2) is 40.4 Å². The van der Waals surface area contributed by atoms with Gasteiger partial charge in [0.1, 0.15) is 11.5 Å². The average molecular weight is 431 g/mol. The third kappa shape index (κ3) is 4.69. The molecule has 0 amide bonds. The third-order valence-corrected chi connectivity index (χ3v) is 5.76. The predicted molar refractivity (Wildman–Crippen MR) is 111 cm³/mol. The number of aromatic amines is 1. The molecule has 1 aliphatic heterocycles. The van der Waals surface area contributed by atoms with E-state index in [1.165, 1.54) is 12.1 Å². The molecular formula is C23H24F3N3O2. The lowest BCUT2D eigenvalue weighted by atomic mass is 9.90. The van der Waals surface area contributed by atoms with E-state index in [-0.39, 0.29) is 11.7 Å². The number of hydrogen-bond donors (Lipinski definition) is 2. The number of H-pyrrole nitrogens is 1. The SMILES string of the molecule is COc1ccc(O)c(CN2CCCC(c3[nH]ncc3-c3cccc(C(F)(F)F)c3)C2)c1. The molecule has 2 N–H and O–H groups in total. The van der Waals surface area contributed by atoms with Gasteiger partial charge in [-0.05, 0) is 55.3 Å². The van der Waals surface area contributed by atoms with Crippen LogP contribution < -0.4 is 4.74 Å². The third-order valence-electron chi connectivity index (χ3n) is 5.76. The highest BCUT2D eigenvalue weighted by atomic mass is 19.4. The van der Waals surface area contributed by atoms with E-state index in [2.05, 4.69) is 15.1 Å². The number of benzene rings is 2. The molecule has 8 heteroatoms. The van der Waals surface area contributed by atoms with E-state index < -0.39 is 11.7 Å². The maximum absolute atomic E-state index is 13.2. The van der Waals surface area contributed by atoms with Crippen molar-refractivity contribution < 1.29 is 23.0 Å². The Morgan fingerprint density at radius 2 is 2.06 bits per heavy atom. The number of halogens is 3. The Balaban J connectivity index is 1.55. The zero-order valence-corrected chi connectivity index (χ0v) is 17.1. The fourth-order valence-electron chi connectivity index (χ4n) is 4.19. The summed E-state index contributed by atoms with van der Waals surface area (Å²) in [7, 11) is 1.58. The number of likely N-dealkylation sites (tertiary alicyclic amines) is 1. The van der Waals surface area contributed by atoms with E-state index in [0.29, 0.717) is 30.0 Å². The molecule has 1 saturated heterocycles. The van der Waals surface area contributed by atoms with Gasteiger partial charge in [0.05, 0.1) is 18.9 Å². The van der Waals surface area contributed by atoms with Crippen molar-refractivity contribution in [3.05, 3.63) is 65.5 Å². The molecule has 1 atom stereocenters. The second-order valence-corrected chi connectivity index (χ2v) is 7.84. The minimum Gasteiger partial charge on any atom is -0.508 e. The number of hydrogen-bond acceptors (Lipinski definition) is 4. The Labute approximate surface area is 178 Å². The van der Waals surface area contributed by atoms with E-state index in [4.69, 9.17) is 4.74 Å². The van der Waals surface area contributed by atoms with E-state index in [1.54, 1.807) is 31.5 Å². The summed E-state index contributed by atoms with van der Waals surface area (Å²) in [6.45, 7) is 2.15. The fraction of sp³-hybridized carbons (Fsp3) is 0.348. The number of aromatic nitrogens is 2. The van der Waals surface area contributed by atoms with Gasteiger partial charge in [-0.3, -0.25) is 10.00 Å². The Morgan fingerprint density at radius 1 is 1.23 bits per heavy atom. The van der Waals surface area contributed by atoms with Gasteiger partial charge in [0.25, 0.3) is 0 Å². The zero-order valence-electron chi connectivity index (χ0n) is 17.1. The first-order chi connectivity index (χ1) is 14.8. The molecule has 4 rings (SSSR count). The van der Waals surface area contributed by atoms with Crippen molar-refractivity contribution >= 4 is 0 Å². The fourth-order valence-corrected chi connectivity index (χ4v) is 4.19. The van der Waals surface area contributed by atoms with Crippen molar-refractivity contribution in [2.75, 3.05) is 20.2 Å². The quantitative estimate of drug-likeness (QED) is 0.584. The first-order valence-corrected chi connectivity index (χ1v) is 10.1.